The van der Waals surface area contributed by atoms with Crippen molar-refractivity contribution in [2.75, 3.05) is 39.5 Å². The summed E-state index contributed by atoms with van der Waals surface area (Å²) in [6, 6.07) is 6.41. The molecule has 2 rings (SSSR count). The molecule has 0 bridgehead atoms. The molecule has 10 heteroatoms. The summed E-state index contributed by atoms with van der Waals surface area (Å²) in [6.45, 7) is 5.05. The molecule has 1 heterocycles. The monoisotopic (exact) mass is 453 g/mol. The largest absolute Gasteiger partial charge is 0.490 e. The molecular weight excluding hydrogens is 422 g/mol. The summed E-state index contributed by atoms with van der Waals surface area (Å²) in [5.74, 6) is -4.04. The number of para-hydroxylation sites is 2. The first-order valence-electron chi connectivity index (χ1n) is 10.7. The molecule has 1 atom stereocenters. The van der Waals surface area contributed by atoms with Crippen LogP contribution in [-0.2, 0) is 19.1 Å². The van der Waals surface area contributed by atoms with Crippen molar-refractivity contribution in [3.05, 3.63) is 24.3 Å². The fourth-order valence-corrected chi connectivity index (χ4v) is 3.31. The second-order valence-corrected chi connectivity index (χ2v) is 7.72. The topological polar surface area (TPSA) is 143 Å². The van der Waals surface area contributed by atoms with Crippen LogP contribution in [0.15, 0.2) is 24.3 Å². The van der Waals surface area contributed by atoms with Crippen LogP contribution in [0.4, 0.5) is 0 Å². The number of esters is 1. The average molecular weight is 453 g/mol. The normalized spacial score (nSPS) is 16.2. The summed E-state index contributed by atoms with van der Waals surface area (Å²) in [5.41, 5.74) is -2.75. The molecule has 10 nitrogen and oxygen atoms in total. The Morgan fingerprint density at radius 3 is 2.28 bits per heavy atom. The molecule has 0 radical (unpaired) electrons. The SMILES string of the molecule is O=C(O)CC(O)(CC(=O)Oc1ccccc1OCCCCCCN1CCOCC1)C(=O)O. The number of rotatable bonds is 14. The number of nitrogens with zero attached hydrogens (tertiary/aromatic N) is 1. The summed E-state index contributed by atoms with van der Waals surface area (Å²) < 4.78 is 16.2. The molecule has 1 aromatic rings. The van der Waals surface area contributed by atoms with E-state index in [9.17, 15) is 19.5 Å². The molecule has 1 saturated heterocycles. The van der Waals surface area contributed by atoms with E-state index in [4.69, 9.17) is 24.4 Å². The van der Waals surface area contributed by atoms with E-state index < -0.39 is 36.4 Å². The van der Waals surface area contributed by atoms with E-state index in [1.165, 1.54) is 6.07 Å². The second kappa shape index (κ2) is 13.0. The van der Waals surface area contributed by atoms with Crippen molar-refractivity contribution in [1.82, 2.24) is 4.90 Å². The number of hydrogen-bond donors (Lipinski definition) is 3. The zero-order chi connectivity index (χ0) is 23.4. The van der Waals surface area contributed by atoms with Gasteiger partial charge in [-0.3, -0.25) is 14.5 Å². The number of hydrogen-bond acceptors (Lipinski definition) is 8. The predicted molar refractivity (Wildman–Crippen MR) is 113 cm³/mol. The predicted octanol–water partition coefficient (Wildman–Crippen LogP) is 1.54. The lowest BCUT2D eigenvalue weighted by Crippen LogP contribution is -2.43. The number of aliphatic carboxylic acids is 2. The van der Waals surface area contributed by atoms with Crippen LogP contribution in [0.5, 0.6) is 11.5 Å². The summed E-state index contributed by atoms with van der Waals surface area (Å²) in [4.78, 5) is 36.5. The van der Waals surface area contributed by atoms with Crippen molar-refractivity contribution < 1.29 is 43.9 Å². The summed E-state index contributed by atoms with van der Waals surface area (Å²) >= 11 is 0. The first-order chi connectivity index (χ1) is 15.3. The van der Waals surface area contributed by atoms with Crippen molar-refractivity contribution >= 4 is 17.9 Å². The molecule has 1 aliphatic heterocycles. The minimum atomic E-state index is -2.75. The quantitative estimate of drug-likeness (QED) is 0.216. The minimum Gasteiger partial charge on any atom is -0.490 e. The van der Waals surface area contributed by atoms with Gasteiger partial charge in [0.2, 0.25) is 0 Å². The van der Waals surface area contributed by atoms with Gasteiger partial charge in [-0.2, -0.15) is 0 Å². The van der Waals surface area contributed by atoms with Crippen LogP contribution in [0.25, 0.3) is 0 Å². The lowest BCUT2D eigenvalue weighted by atomic mass is 9.96. The number of benzene rings is 1. The van der Waals surface area contributed by atoms with Gasteiger partial charge >= 0.3 is 17.9 Å². The maximum Gasteiger partial charge on any atom is 0.336 e. The smallest absolute Gasteiger partial charge is 0.336 e. The van der Waals surface area contributed by atoms with Crippen molar-refractivity contribution in [1.29, 1.82) is 0 Å². The Morgan fingerprint density at radius 2 is 1.62 bits per heavy atom. The van der Waals surface area contributed by atoms with E-state index in [1.54, 1.807) is 18.2 Å². The van der Waals surface area contributed by atoms with Crippen LogP contribution < -0.4 is 9.47 Å². The zero-order valence-electron chi connectivity index (χ0n) is 18.0. The van der Waals surface area contributed by atoms with Gasteiger partial charge in [0, 0.05) is 13.1 Å². The van der Waals surface area contributed by atoms with E-state index >= 15 is 0 Å². The molecule has 3 N–H and O–H groups in total. The Balaban J connectivity index is 1.75. The van der Waals surface area contributed by atoms with Crippen LogP contribution in [0.3, 0.4) is 0 Å². The van der Waals surface area contributed by atoms with Gasteiger partial charge in [-0.15, -0.1) is 0 Å². The highest BCUT2D eigenvalue weighted by molar-refractivity contribution is 5.89. The average Bonchev–Trinajstić information content (AvgIpc) is 2.74. The van der Waals surface area contributed by atoms with Gasteiger partial charge < -0.3 is 29.5 Å². The molecule has 0 spiro atoms. The standard InChI is InChI=1S/C22H31NO9/c24-19(25)15-22(29,21(27)28)16-20(26)32-18-8-4-3-7-17(18)31-12-6-2-1-5-9-23-10-13-30-14-11-23/h3-4,7-8,29H,1-2,5-6,9-16H2,(H,24,25)(H,27,28). The van der Waals surface area contributed by atoms with Crippen molar-refractivity contribution in [3.63, 3.8) is 0 Å². The molecule has 1 fully saturated rings. The fourth-order valence-electron chi connectivity index (χ4n) is 3.31. The van der Waals surface area contributed by atoms with E-state index in [0.717, 1.165) is 58.5 Å². The zero-order valence-corrected chi connectivity index (χ0v) is 18.0. The molecular formula is C22H31NO9. The summed E-state index contributed by atoms with van der Waals surface area (Å²) in [5, 5.41) is 27.8. The first kappa shape index (κ1) is 25.6. The van der Waals surface area contributed by atoms with Crippen LogP contribution >= 0.6 is 0 Å². The van der Waals surface area contributed by atoms with Crippen LogP contribution in [0.1, 0.15) is 38.5 Å². The number of ether oxygens (including phenoxy) is 3. The van der Waals surface area contributed by atoms with Crippen LogP contribution in [0, 0.1) is 0 Å². The van der Waals surface area contributed by atoms with Gasteiger partial charge in [0.1, 0.15) is 0 Å². The highest BCUT2D eigenvalue weighted by atomic mass is 16.6. The summed E-state index contributed by atoms with van der Waals surface area (Å²) in [6.07, 6.45) is 1.87. The first-order valence-corrected chi connectivity index (χ1v) is 10.7. The molecule has 32 heavy (non-hydrogen) atoms. The number of carboxylic acid groups (broad SMARTS) is 2. The van der Waals surface area contributed by atoms with Crippen LogP contribution in [-0.4, -0.2) is 83.2 Å². The highest BCUT2D eigenvalue weighted by Gasteiger charge is 2.41. The molecule has 1 unspecified atom stereocenters. The maximum atomic E-state index is 12.1. The Labute approximate surface area is 186 Å². The molecule has 0 saturated carbocycles. The van der Waals surface area contributed by atoms with Crippen molar-refractivity contribution in [2.45, 2.75) is 44.1 Å². The Bertz CT molecular complexity index is 764. The third kappa shape index (κ3) is 8.81. The van der Waals surface area contributed by atoms with Crippen molar-refractivity contribution in [3.8, 4) is 11.5 Å². The fraction of sp³-hybridized carbons (Fsp3) is 0.591. The lowest BCUT2D eigenvalue weighted by Gasteiger charge is -2.26. The number of morpholine rings is 1. The van der Waals surface area contributed by atoms with E-state index in [2.05, 4.69) is 4.90 Å². The Morgan fingerprint density at radius 1 is 0.969 bits per heavy atom. The molecule has 0 aromatic heterocycles. The van der Waals surface area contributed by atoms with E-state index in [1.807, 2.05) is 0 Å². The molecule has 0 amide bonds. The highest BCUT2D eigenvalue weighted by Crippen LogP contribution is 2.28. The number of aliphatic hydroxyl groups is 1. The summed E-state index contributed by atoms with van der Waals surface area (Å²) in [7, 11) is 0. The molecule has 1 aromatic carbocycles. The molecule has 178 valence electrons. The van der Waals surface area contributed by atoms with Gasteiger partial charge in [0.25, 0.3) is 0 Å². The van der Waals surface area contributed by atoms with Gasteiger partial charge in [-0.05, 0) is 31.5 Å². The van der Waals surface area contributed by atoms with E-state index in [0.29, 0.717) is 12.4 Å². The third-order valence-electron chi connectivity index (χ3n) is 5.08. The number of carbonyl (C=O) groups is 3. The van der Waals surface area contributed by atoms with Gasteiger partial charge in [-0.25, -0.2) is 4.79 Å². The molecule has 0 aliphatic carbocycles. The second-order valence-electron chi connectivity index (χ2n) is 7.72. The van der Waals surface area contributed by atoms with Crippen molar-refractivity contribution in [2.24, 2.45) is 0 Å². The van der Waals surface area contributed by atoms with Gasteiger partial charge in [0.05, 0.1) is 32.7 Å². The maximum absolute atomic E-state index is 12.1. The number of carboxylic acids is 2. The van der Waals surface area contributed by atoms with Gasteiger partial charge in [-0.1, -0.05) is 25.0 Å². The molecule has 1 aliphatic rings. The van der Waals surface area contributed by atoms with Gasteiger partial charge in [0.15, 0.2) is 17.1 Å². The van der Waals surface area contributed by atoms with Crippen LogP contribution in [0.2, 0.25) is 0 Å². The minimum absolute atomic E-state index is 0.0767. The lowest BCUT2D eigenvalue weighted by molar-refractivity contribution is -0.169. The number of carbonyl (C=O) groups excluding carboxylic acids is 1. The van der Waals surface area contributed by atoms with E-state index in [-0.39, 0.29) is 5.75 Å². The number of unbranched alkanes of at least 4 members (excludes halogenated alkanes) is 3. The Hall–Kier alpha value is -2.69. The third-order valence-corrected chi connectivity index (χ3v) is 5.08. The Kier molecular flexibility index (Phi) is 10.4.